The summed E-state index contributed by atoms with van der Waals surface area (Å²) in [5.41, 5.74) is -2.80. The standard InChI is InChI=1S/C10H23O2PS2.K/c1-9(2)5-7-12-13(11,14)15-8-6-10(3)4;/h9-10H,5-8H2,1-4H3,(H,11,14);/q;+1/p-1. The van der Waals surface area contributed by atoms with Gasteiger partial charge in [0.05, 0.1) is 6.61 Å². The van der Waals surface area contributed by atoms with Gasteiger partial charge in [0.15, 0.2) is 0 Å². The smallest absolute Gasteiger partial charge is 0.793 e. The van der Waals surface area contributed by atoms with Crippen LogP contribution in [0.4, 0.5) is 0 Å². The van der Waals surface area contributed by atoms with Gasteiger partial charge in [0.2, 0.25) is 0 Å². The molecule has 1 atom stereocenters. The first kappa shape index (κ1) is 20.9. The summed E-state index contributed by atoms with van der Waals surface area (Å²) in [4.78, 5) is 11.7. The molecule has 0 fully saturated rings. The normalized spacial score (nSPS) is 14.9. The van der Waals surface area contributed by atoms with E-state index in [4.69, 9.17) is 16.3 Å². The van der Waals surface area contributed by atoms with Gasteiger partial charge in [0, 0.05) is 5.69 Å². The van der Waals surface area contributed by atoms with Crippen molar-refractivity contribution in [1.29, 1.82) is 0 Å². The van der Waals surface area contributed by atoms with Gasteiger partial charge in [-0.05, 0) is 30.4 Å². The van der Waals surface area contributed by atoms with Crippen LogP contribution in [-0.2, 0) is 16.3 Å². The van der Waals surface area contributed by atoms with Crippen molar-refractivity contribution < 1.29 is 60.8 Å². The Kier molecular flexibility index (Phi) is 14.9. The van der Waals surface area contributed by atoms with Crippen molar-refractivity contribution in [2.75, 3.05) is 12.4 Å². The molecule has 0 aromatic heterocycles. The van der Waals surface area contributed by atoms with Crippen molar-refractivity contribution in [3.63, 3.8) is 0 Å². The maximum absolute atomic E-state index is 11.7. The summed E-state index contributed by atoms with van der Waals surface area (Å²) in [7, 11) is 0. The van der Waals surface area contributed by atoms with Crippen LogP contribution in [0.5, 0.6) is 0 Å². The second-order valence-electron chi connectivity index (χ2n) is 4.48. The van der Waals surface area contributed by atoms with Gasteiger partial charge in [-0.2, -0.15) is 0 Å². The Labute approximate surface area is 152 Å². The van der Waals surface area contributed by atoms with E-state index in [1.165, 1.54) is 11.4 Å². The Hall–Kier alpha value is 2.56. The van der Waals surface area contributed by atoms with Crippen molar-refractivity contribution in [2.24, 2.45) is 11.8 Å². The van der Waals surface area contributed by atoms with Crippen molar-refractivity contribution in [3.8, 4) is 0 Å². The van der Waals surface area contributed by atoms with Gasteiger partial charge in [0.25, 0.3) is 0 Å². The average molecular weight is 308 g/mol. The summed E-state index contributed by atoms with van der Waals surface area (Å²) in [6, 6.07) is 0. The third-order valence-electron chi connectivity index (χ3n) is 1.89. The van der Waals surface area contributed by atoms with E-state index < -0.39 is 5.69 Å². The molecule has 1 unspecified atom stereocenters. The van der Waals surface area contributed by atoms with Gasteiger partial charge in [-0.1, -0.05) is 39.5 Å². The first-order chi connectivity index (χ1) is 6.83. The third-order valence-corrected chi connectivity index (χ3v) is 6.20. The maximum atomic E-state index is 11.7. The van der Waals surface area contributed by atoms with Crippen LogP contribution in [0.1, 0.15) is 40.5 Å². The molecule has 6 heteroatoms. The Balaban J connectivity index is 0. The monoisotopic (exact) mass is 308 g/mol. The fraction of sp³-hybridized carbons (Fsp3) is 1.00. The molecule has 16 heavy (non-hydrogen) atoms. The summed E-state index contributed by atoms with van der Waals surface area (Å²) in [5.74, 6) is 2.03. The molecule has 0 heterocycles. The summed E-state index contributed by atoms with van der Waals surface area (Å²) in [5, 5.41) is 0. The van der Waals surface area contributed by atoms with Crippen molar-refractivity contribution in [2.45, 2.75) is 40.5 Å². The summed E-state index contributed by atoms with van der Waals surface area (Å²) < 4.78 is 5.26. The van der Waals surface area contributed by atoms with Crippen molar-refractivity contribution in [3.05, 3.63) is 0 Å². The summed E-state index contributed by atoms with van der Waals surface area (Å²) >= 11 is 6.25. The van der Waals surface area contributed by atoms with E-state index in [0.717, 1.165) is 18.6 Å². The number of hydrogen-bond donors (Lipinski definition) is 0. The van der Waals surface area contributed by atoms with Crippen LogP contribution in [-0.4, -0.2) is 12.4 Å². The zero-order valence-corrected chi connectivity index (χ0v) is 16.7. The van der Waals surface area contributed by atoms with Crippen molar-refractivity contribution >= 4 is 28.9 Å². The van der Waals surface area contributed by atoms with Gasteiger partial charge in [-0.15, -0.1) is 11.4 Å². The molecular weight excluding hydrogens is 286 g/mol. The molecule has 0 aromatic rings. The topological polar surface area (TPSA) is 32.3 Å². The average Bonchev–Trinajstić information content (AvgIpc) is 2.01. The van der Waals surface area contributed by atoms with Gasteiger partial charge < -0.3 is 9.42 Å². The minimum atomic E-state index is -2.80. The van der Waals surface area contributed by atoms with E-state index in [1.807, 2.05) is 0 Å². The predicted octanol–water partition coefficient (Wildman–Crippen LogP) is 0.417. The van der Waals surface area contributed by atoms with Gasteiger partial charge in [0.1, 0.15) is 0 Å². The molecule has 0 saturated heterocycles. The van der Waals surface area contributed by atoms with Gasteiger partial charge in [-0.25, -0.2) is 0 Å². The molecule has 0 amide bonds. The molecule has 0 aliphatic carbocycles. The molecule has 0 radical (unpaired) electrons. The molecular formula is C10H22KO2PS2. The van der Waals surface area contributed by atoms with E-state index in [-0.39, 0.29) is 51.4 Å². The van der Waals surface area contributed by atoms with Gasteiger partial charge in [-0.3, -0.25) is 0 Å². The zero-order valence-electron chi connectivity index (χ0n) is 11.1. The largest absolute Gasteiger partial charge is 1.00 e. The first-order valence-electron chi connectivity index (χ1n) is 5.43. The van der Waals surface area contributed by atoms with Crippen molar-refractivity contribution in [1.82, 2.24) is 0 Å². The van der Waals surface area contributed by atoms with Crippen LogP contribution >= 0.6 is 17.1 Å². The van der Waals surface area contributed by atoms with E-state index in [2.05, 4.69) is 27.7 Å². The van der Waals surface area contributed by atoms with Crippen LogP contribution < -0.4 is 56.3 Å². The molecule has 2 nitrogen and oxygen atoms in total. The second-order valence-corrected chi connectivity index (χ2v) is 10.7. The van der Waals surface area contributed by atoms with Crippen LogP contribution in [0.15, 0.2) is 0 Å². The van der Waals surface area contributed by atoms with E-state index in [0.29, 0.717) is 18.4 Å². The molecule has 92 valence electrons. The molecule has 0 spiro atoms. The predicted molar refractivity (Wildman–Crippen MR) is 71.6 cm³/mol. The molecule has 0 bridgehead atoms. The van der Waals surface area contributed by atoms with Gasteiger partial charge >= 0.3 is 51.4 Å². The molecule has 0 aliphatic rings. The number of hydrogen-bond acceptors (Lipinski definition) is 4. The van der Waals surface area contributed by atoms with E-state index in [9.17, 15) is 4.89 Å². The molecule has 0 saturated carbocycles. The summed E-state index contributed by atoms with van der Waals surface area (Å²) in [6.45, 7) is 9.04. The second kappa shape index (κ2) is 11.4. The SMILES string of the molecule is CC(C)CCOP([O-])(=S)SCCC(C)C.[K+]. The number of rotatable bonds is 8. The van der Waals surface area contributed by atoms with Crippen LogP contribution in [0.3, 0.4) is 0 Å². The maximum Gasteiger partial charge on any atom is 1.00 e. The Morgan fingerprint density at radius 2 is 1.69 bits per heavy atom. The summed E-state index contributed by atoms with van der Waals surface area (Å²) in [6.07, 6.45) is 1.96. The molecule has 0 aliphatic heterocycles. The minimum Gasteiger partial charge on any atom is -0.793 e. The van der Waals surface area contributed by atoms with Crippen LogP contribution in [0, 0.1) is 11.8 Å². The van der Waals surface area contributed by atoms with Crippen LogP contribution in [0.2, 0.25) is 0 Å². The molecule has 0 aromatic carbocycles. The Morgan fingerprint density at radius 1 is 1.19 bits per heavy atom. The first-order valence-corrected chi connectivity index (χ1v) is 9.66. The fourth-order valence-corrected chi connectivity index (χ4v) is 4.37. The Bertz CT molecular complexity index is 195. The third kappa shape index (κ3) is 14.6. The Morgan fingerprint density at radius 3 is 2.12 bits per heavy atom. The minimum absolute atomic E-state index is 0. The zero-order chi connectivity index (χ0) is 11.9. The molecule has 0 rings (SSSR count). The van der Waals surface area contributed by atoms with E-state index in [1.54, 1.807) is 0 Å². The quantitative estimate of drug-likeness (QED) is 0.480. The molecule has 0 N–H and O–H groups in total. The van der Waals surface area contributed by atoms with Crippen LogP contribution in [0.25, 0.3) is 0 Å². The fourth-order valence-electron chi connectivity index (χ4n) is 0.838. The van der Waals surface area contributed by atoms with E-state index >= 15 is 0 Å².